The first-order chi connectivity index (χ1) is 24.8. The predicted octanol–water partition coefficient (Wildman–Crippen LogP) is 4.24. The topological polar surface area (TPSA) is 179 Å². The summed E-state index contributed by atoms with van der Waals surface area (Å²) in [6.07, 6.45) is 0.102. The van der Waals surface area contributed by atoms with Crippen molar-refractivity contribution in [3.8, 4) is 0 Å². The lowest BCUT2D eigenvalue weighted by Crippen LogP contribution is -2.52. The summed E-state index contributed by atoms with van der Waals surface area (Å²) in [5, 5.41) is 0. The number of hydrogen-bond donors (Lipinski definition) is 2. The zero-order chi connectivity index (χ0) is 37.2. The van der Waals surface area contributed by atoms with Gasteiger partial charge in [0.2, 0.25) is 12.5 Å². The number of anilines is 2. The average Bonchev–Trinajstić information content (AvgIpc) is 3.35. The molecule has 4 N–H and O–H groups in total. The molecule has 2 aliphatic rings. The van der Waals surface area contributed by atoms with Gasteiger partial charge in [0.05, 0.1) is 33.2 Å². The quantitative estimate of drug-likeness (QED) is 0.196. The van der Waals surface area contributed by atoms with E-state index in [1.807, 2.05) is 13.8 Å². The number of esters is 2. The maximum atomic E-state index is 14.1. The summed E-state index contributed by atoms with van der Waals surface area (Å²) >= 11 is 0. The molecule has 4 atom stereocenters. The van der Waals surface area contributed by atoms with Crippen LogP contribution in [0.3, 0.4) is 0 Å². The van der Waals surface area contributed by atoms with Crippen LogP contribution in [0.4, 0.5) is 11.4 Å². The van der Waals surface area contributed by atoms with E-state index in [0.717, 1.165) is 31.9 Å². The molecular formula is C38H40N4O8S2. The van der Waals surface area contributed by atoms with Gasteiger partial charge in [0.1, 0.15) is 0 Å². The molecule has 0 spiro atoms. The fourth-order valence-corrected chi connectivity index (χ4v) is 9.56. The number of carbonyl (C=O) groups excluding carboxylic acids is 2. The smallest absolute Gasteiger partial charge is 0.333 e. The maximum absolute atomic E-state index is 14.1. The summed E-state index contributed by atoms with van der Waals surface area (Å²) in [7, 11) is -8.58. The Morgan fingerprint density at radius 3 is 1.31 bits per heavy atom. The van der Waals surface area contributed by atoms with E-state index >= 15 is 0 Å². The number of carbonyl (C=O) groups is 2. The zero-order valence-corrected chi connectivity index (χ0v) is 30.3. The Kier molecular flexibility index (Phi) is 10.5. The number of rotatable bonds is 8. The van der Waals surface area contributed by atoms with Crippen LogP contribution in [0.5, 0.6) is 0 Å². The van der Waals surface area contributed by atoms with Crippen LogP contribution in [0.15, 0.2) is 119 Å². The molecule has 12 nitrogen and oxygen atoms in total. The summed E-state index contributed by atoms with van der Waals surface area (Å²) in [6.45, 7) is 3.66. The van der Waals surface area contributed by atoms with Crippen molar-refractivity contribution in [3.05, 3.63) is 131 Å². The van der Waals surface area contributed by atoms with Crippen LogP contribution in [0.1, 0.15) is 35.1 Å². The van der Waals surface area contributed by atoms with Gasteiger partial charge in [-0.25, -0.2) is 35.0 Å². The van der Waals surface area contributed by atoms with Crippen molar-refractivity contribution >= 4 is 43.4 Å². The molecule has 0 aliphatic carbocycles. The maximum Gasteiger partial charge on any atom is 0.333 e. The third kappa shape index (κ3) is 7.46. The van der Waals surface area contributed by atoms with Crippen molar-refractivity contribution in [3.63, 3.8) is 0 Å². The number of nitrogens with zero attached hydrogens (tertiary/aromatic N) is 2. The minimum absolute atomic E-state index is 0.0198. The molecule has 0 aromatic heterocycles. The molecule has 0 saturated carbocycles. The van der Waals surface area contributed by atoms with Crippen LogP contribution >= 0.6 is 0 Å². The van der Waals surface area contributed by atoms with Crippen molar-refractivity contribution in [1.29, 1.82) is 0 Å². The summed E-state index contributed by atoms with van der Waals surface area (Å²) in [5.74, 6) is -2.14. The molecule has 0 amide bonds. The highest BCUT2D eigenvalue weighted by molar-refractivity contribution is 7.93. The van der Waals surface area contributed by atoms with Crippen LogP contribution in [-0.2, 0) is 52.0 Å². The molecule has 272 valence electrons. The summed E-state index contributed by atoms with van der Waals surface area (Å²) < 4.78 is 70.0. The van der Waals surface area contributed by atoms with Gasteiger partial charge in [-0.3, -0.25) is 0 Å². The van der Waals surface area contributed by atoms with E-state index in [-0.39, 0.29) is 9.79 Å². The number of nitrogens with two attached hydrogens (primary N) is 2. The van der Waals surface area contributed by atoms with E-state index in [9.17, 15) is 26.4 Å². The molecule has 14 heteroatoms. The second-order valence-corrected chi connectivity index (χ2v) is 16.5. The van der Waals surface area contributed by atoms with Crippen molar-refractivity contribution in [2.45, 2.75) is 73.9 Å². The number of para-hydroxylation sites is 2. The molecule has 0 radical (unpaired) electrons. The molecule has 0 bridgehead atoms. The first-order valence-corrected chi connectivity index (χ1v) is 19.6. The van der Waals surface area contributed by atoms with E-state index < -0.39 is 56.5 Å². The third-order valence-corrected chi connectivity index (χ3v) is 12.7. The second kappa shape index (κ2) is 14.9. The standard InChI is InChI=1S/C38H40N4O8S2/c1-25-11-17-29(18-12-25)51(45,46)41-33-9-5-3-7-27(33)15-21-31(39)37(41)49-35(43)23-24-36(44)50-38-32(40)22-16-28-8-4-6-10-34(28)42(38)52(47,48)30-19-13-26(2)14-20-30/h3-14,17-20,23-24,31-32,37-38H,15-16,21-22,39-40H2,1-2H3/b24-23+. The van der Waals surface area contributed by atoms with Crippen molar-refractivity contribution in [1.82, 2.24) is 0 Å². The van der Waals surface area contributed by atoms with Crippen LogP contribution < -0.4 is 20.1 Å². The zero-order valence-electron chi connectivity index (χ0n) is 28.7. The number of aryl methyl sites for hydroxylation is 4. The highest BCUT2D eigenvalue weighted by atomic mass is 32.2. The summed E-state index contributed by atoms with van der Waals surface area (Å²) in [5.41, 5.74) is 16.7. The Hall–Kier alpha value is -5.02. The molecule has 4 aromatic carbocycles. The minimum atomic E-state index is -4.29. The number of benzene rings is 4. The molecule has 2 heterocycles. The van der Waals surface area contributed by atoms with E-state index in [1.165, 1.54) is 24.3 Å². The molecule has 6 rings (SSSR count). The first kappa shape index (κ1) is 36.8. The van der Waals surface area contributed by atoms with E-state index in [2.05, 4.69) is 0 Å². The van der Waals surface area contributed by atoms with Crippen LogP contribution in [-0.4, -0.2) is 53.3 Å². The fourth-order valence-electron chi connectivity index (χ4n) is 6.33. The lowest BCUT2D eigenvalue weighted by molar-refractivity contribution is -0.146. The normalized spacial score (nSPS) is 20.7. The van der Waals surface area contributed by atoms with Crippen LogP contribution in [0.25, 0.3) is 0 Å². The van der Waals surface area contributed by atoms with Gasteiger partial charge in [-0.05, 0) is 87.1 Å². The lowest BCUT2D eigenvalue weighted by atomic mass is 10.1. The van der Waals surface area contributed by atoms with Crippen LogP contribution in [0.2, 0.25) is 0 Å². The van der Waals surface area contributed by atoms with Gasteiger partial charge < -0.3 is 20.9 Å². The minimum Gasteiger partial charge on any atom is -0.436 e. The average molecular weight is 745 g/mol. The number of hydrogen-bond acceptors (Lipinski definition) is 10. The van der Waals surface area contributed by atoms with Gasteiger partial charge in [0.15, 0.2) is 0 Å². The molecule has 2 aliphatic heterocycles. The largest absolute Gasteiger partial charge is 0.436 e. The van der Waals surface area contributed by atoms with Gasteiger partial charge in [-0.1, -0.05) is 71.8 Å². The van der Waals surface area contributed by atoms with Crippen molar-refractivity contribution in [2.24, 2.45) is 11.5 Å². The Morgan fingerprint density at radius 2 is 0.942 bits per heavy atom. The van der Waals surface area contributed by atoms with E-state index in [0.29, 0.717) is 48.2 Å². The Morgan fingerprint density at radius 1 is 0.596 bits per heavy atom. The van der Waals surface area contributed by atoms with Gasteiger partial charge >= 0.3 is 11.9 Å². The number of fused-ring (bicyclic) bond motifs is 2. The van der Waals surface area contributed by atoms with Crippen molar-refractivity contribution in [2.75, 3.05) is 8.61 Å². The SMILES string of the molecule is Cc1ccc(S(=O)(=O)N2c3ccccc3CCC(N)C2OC(=O)/C=C/C(=O)OC2C(N)CCc3ccccc3N2S(=O)(=O)c2ccc(C)cc2)cc1. The first-order valence-electron chi connectivity index (χ1n) is 16.8. The monoisotopic (exact) mass is 744 g/mol. The van der Waals surface area contributed by atoms with E-state index in [4.69, 9.17) is 20.9 Å². The predicted molar refractivity (Wildman–Crippen MR) is 196 cm³/mol. The van der Waals surface area contributed by atoms with Gasteiger partial charge in [0.25, 0.3) is 20.0 Å². The fraction of sp³-hybridized carbons (Fsp3) is 0.263. The Bertz CT molecular complexity index is 2050. The van der Waals surface area contributed by atoms with Crippen molar-refractivity contribution < 1.29 is 35.9 Å². The molecule has 0 saturated heterocycles. The van der Waals surface area contributed by atoms with Crippen LogP contribution in [0, 0.1) is 13.8 Å². The number of ether oxygens (including phenoxy) is 2. The summed E-state index contributed by atoms with van der Waals surface area (Å²) in [6, 6.07) is 24.4. The third-order valence-electron chi connectivity index (χ3n) is 9.13. The molecule has 4 unspecified atom stereocenters. The molecule has 0 fully saturated rings. The van der Waals surface area contributed by atoms with E-state index in [1.54, 1.807) is 72.8 Å². The van der Waals surface area contributed by atoms with Gasteiger partial charge in [-0.2, -0.15) is 0 Å². The Balaban J connectivity index is 1.28. The highest BCUT2D eigenvalue weighted by Crippen LogP contribution is 2.36. The second-order valence-electron chi connectivity index (χ2n) is 12.9. The summed E-state index contributed by atoms with van der Waals surface area (Å²) in [4.78, 5) is 26.6. The number of sulfonamides is 2. The Labute approximate surface area is 303 Å². The molecule has 52 heavy (non-hydrogen) atoms. The van der Waals surface area contributed by atoms with Gasteiger partial charge in [-0.15, -0.1) is 0 Å². The highest BCUT2D eigenvalue weighted by Gasteiger charge is 2.42. The molecule has 4 aromatic rings. The lowest BCUT2D eigenvalue weighted by Gasteiger charge is -2.34. The molecular weight excluding hydrogens is 705 g/mol. The van der Waals surface area contributed by atoms with Gasteiger partial charge in [0, 0.05) is 12.2 Å².